The maximum Gasteiger partial charge on any atom is 0.294 e. The molecule has 4 rings (SSSR count). The smallest absolute Gasteiger partial charge is 0.294 e. The summed E-state index contributed by atoms with van der Waals surface area (Å²) < 4.78 is 29.0. The van der Waals surface area contributed by atoms with Crippen LogP contribution >= 0.6 is 0 Å². The number of aromatic nitrogens is 3. The van der Waals surface area contributed by atoms with Gasteiger partial charge in [0.05, 0.1) is 5.69 Å². The van der Waals surface area contributed by atoms with Crippen LogP contribution in [0.3, 0.4) is 0 Å². The average Bonchev–Trinajstić information content (AvgIpc) is 2.90. The molecule has 3 aromatic rings. The molecule has 0 unspecified atom stereocenters. The molecule has 0 saturated heterocycles. The molecule has 36 heavy (non-hydrogen) atoms. The van der Waals surface area contributed by atoms with E-state index in [4.69, 9.17) is 0 Å². The minimum Gasteiger partial charge on any atom is -0.365 e. The third kappa shape index (κ3) is 6.06. The van der Waals surface area contributed by atoms with Gasteiger partial charge in [-0.2, -0.15) is 0 Å². The zero-order valence-corrected chi connectivity index (χ0v) is 20.7. The Balaban J connectivity index is 1.65. The second-order valence-electron chi connectivity index (χ2n) is 9.47. The zero-order valence-electron chi connectivity index (χ0n) is 20.7. The van der Waals surface area contributed by atoms with E-state index < -0.39 is 11.6 Å². The number of carbonyl (C=O) groups excluding carboxylic acids is 1. The Hall–Kier alpha value is -3.36. The maximum atomic E-state index is 13.8. The van der Waals surface area contributed by atoms with Gasteiger partial charge >= 0.3 is 0 Å². The van der Waals surface area contributed by atoms with Gasteiger partial charge in [0, 0.05) is 31.7 Å². The fourth-order valence-corrected chi connectivity index (χ4v) is 4.84. The fraction of sp³-hybridized carbons (Fsp3) is 0.481. The second-order valence-corrected chi connectivity index (χ2v) is 9.47. The van der Waals surface area contributed by atoms with Crippen molar-refractivity contribution in [2.24, 2.45) is 5.92 Å². The van der Waals surface area contributed by atoms with E-state index >= 15 is 0 Å². The summed E-state index contributed by atoms with van der Waals surface area (Å²) in [7, 11) is 0. The molecule has 1 aliphatic carbocycles. The lowest BCUT2D eigenvalue weighted by Crippen LogP contribution is -2.30. The van der Waals surface area contributed by atoms with Crippen LogP contribution in [0.5, 0.6) is 0 Å². The van der Waals surface area contributed by atoms with E-state index in [0.29, 0.717) is 60.9 Å². The Bertz CT molecular complexity index is 1260. The number of hydrogen-bond acceptors (Lipinski definition) is 5. The number of anilines is 1. The Kier molecular flexibility index (Phi) is 8.61. The molecule has 0 radical (unpaired) electrons. The molecule has 2 heterocycles. The Morgan fingerprint density at radius 2 is 1.89 bits per heavy atom. The van der Waals surface area contributed by atoms with E-state index in [1.54, 1.807) is 21.6 Å². The molecule has 1 N–H and O–H groups in total. The SMILES string of the molecule is CCCN(C=O)CCCNc1nc2ccc(-c3ccc(F)c(F)c3)nc2n(CC2CCCCC2)c1=O. The summed E-state index contributed by atoms with van der Waals surface area (Å²) in [6, 6.07) is 7.12. The lowest BCUT2D eigenvalue weighted by atomic mass is 9.89. The topological polar surface area (TPSA) is 80.1 Å². The summed E-state index contributed by atoms with van der Waals surface area (Å²) in [4.78, 5) is 35.6. The van der Waals surface area contributed by atoms with Crippen molar-refractivity contribution in [1.82, 2.24) is 19.4 Å². The van der Waals surface area contributed by atoms with Crippen molar-refractivity contribution in [3.63, 3.8) is 0 Å². The highest BCUT2D eigenvalue weighted by Gasteiger charge is 2.19. The number of rotatable bonds is 11. The molecular formula is C27H33F2N5O2. The Labute approximate surface area is 209 Å². The summed E-state index contributed by atoms with van der Waals surface area (Å²) in [5, 5.41) is 3.16. The van der Waals surface area contributed by atoms with Gasteiger partial charge in [-0.15, -0.1) is 0 Å². The third-order valence-corrected chi connectivity index (χ3v) is 6.75. The van der Waals surface area contributed by atoms with Crippen molar-refractivity contribution in [3.8, 4) is 11.3 Å². The highest BCUT2D eigenvalue weighted by Crippen LogP contribution is 2.27. The van der Waals surface area contributed by atoms with Gasteiger partial charge in [-0.1, -0.05) is 26.2 Å². The van der Waals surface area contributed by atoms with E-state index in [1.807, 2.05) is 6.92 Å². The number of pyridine rings is 1. The fourth-order valence-electron chi connectivity index (χ4n) is 4.84. The minimum absolute atomic E-state index is 0.246. The Morgan fingerprint density at radius 1 is 1.08 bits per heavy atom. The van der Waals surface area contributed by atoms with Crippen molar-refractivity contribution in [2.45, 2.75) is 58.4 Å². The zero-order chi connectivity index (χ0) is 25.5. The van der Waals surface area contributed by atoms with Gasteiger partial charge in [-0.05, 0) is 61.9 Å². The lowest BCUT2D eigenvalue weighted by Gasteiger charge is -2.23. The predicted molar refractivity (Wildman–Crippen MR) is 137 cm³/mol. The van der Waals surface area contributed by atoms with Gasteiger partial charge < -0.3 is 10.2 Å². The standard InChI is InChI=1S/C27H33F2N5O2/c1-2-14-33(18-35)15-6-13-30-25-27(36)34(17-19-7-4-3-5-8-19)26-24(31-25)12-11-23(32-26)20-9-10-21(28)22(29)16-20/h9-12,16,18-19H,2-8,13-15,17H2,1H3,(H,30,31). The molecule has 7 nitrogen and oxygen atoms in total. The number of nitrogens with one attached hydrogen (secondary N) is 1. The number of amides is 1. The summed E-state index contributed by atoms with van der Waals surface area (Å²) in [5.74, 6) is -1.23. The molecule has 1 aromatic carbocycles. The molecule has 0 spiro atoms. The minimum atomic E-state index is -0.946. The summed E-state index contributed by atoms with van der Waals surface area (Å²) >= 11 is 0. The van der Waals surface area contributed by atoms with Crippen LogP contribution in [-0.2, 0) is 11.3 Å². The van der Waals surface area contributed by atoms with Crippen LogP contribution in [0.25, 0.3) is 22.4 Å². The number of halogens is 2. The molecule has 192 valence electrons. The van der Waals surface area contributed by atoms with Crippen LogP contribution in [0.2, 0.25) is 0 Å². The van der Waals surface area contributed by atoms with Gasteiger partial charge in [-0.3, -0.25) is 14.2 Å². The van der Waals surface area contributed by atoms with Gasteiger partial charge in [0.25, 0.3) is 5.56 Å². The third-order valence-electron chi connectivity index (χ3n) is 6.75. The highest BCUT2D eigenvalue weighted by molar-refractivity contribution is 5.76. The first-order valence-corrected chi connectivity index (χ1v) is 12.8. The monoisotopic (exact) mass is 497 g/mol. The molecule has 0 atom stereocenters. The van der Waals surface area contributed by atoms with Gasteiger partial charge in [0.1, 0.15) is 5.52 Å². The average molecular weight is 498 g/mol. The van der Waals surface area contributed by atoms with Crippen molar-refractivity contribution < 1.29 is 13.6 Å². The molecule has 1 fully saturated rings. The molecule has 2 aromatic heterocycles. The van der Waals surface area contributed by atoms with Crippen LogP contribution in [0, 0.1) is 17.6 Å². The number of hydrogen-bond donors (Lipinski definition) is 1. The Morgan fingerprint density at radius 3 is 2.61 bits per heavy atom. The van der Waals surface area contributed by atoms with E-state index in [9.17, 15) is 18.4 Å². The molecule has 0 bridgehead atoms. The molecule has 9 heteroatoms. The van der Waals surface area contributed by atoms with E-state index in [-0.39, 0.29) is 11.4 Å². The lowest BCUT2D eigenvalue weighted by molar-refractivity contribution is -0.118. The first-order chi connectivity index (χ1) is 17.5. The number of nitrogens with zero attached hydrogens (tertiary/aromatic N) is 4. The first-order valence-electron chi connectivity index (χ1n) is 12.8. The molecule has 0 aliphatic heterocycles. The van der Waals surface area contributed by atoms with Crippen molar-refractivity contribution in [1.29, 1.82) is 0 Å². The molecular weight excluding hydrogens is 464 g/mol. The molecule has 1 amide bonds. The highest BCUT2D eigenvalue weighted by atomic mass is 19.2. The second kappa shape index (κ2) is 12.1. The molecule has 1 aliphatic rings. The first kappa shape index (κ1) is 25.7. The van der Waals surface area contributed by atoms with E-state index in [0.717, 1.165) is 50.6 Å². The molecule has 1 saturated carbocycles. The summed E-state index contributed by atoms with van der Waals surface area (Å²) in [6.07, 6.45) is 8.05. The van der Waals surface area contributed by atoms with Crippen molar-refractivity contribution >= 4 is 23.4 Å². The van der Waals surface area contributed by atoms with E-state index in [1.165, 1.54) is 12.5 Å². The maximum absolute atomic E-state index is 13.8. The predicted octanol–water partition coefficient (Wildman–Crippen LogP) is 4.99. The normalized spacial score (nSPS) is 14.2. The quantitative estimate of drug-likeness (QED) is 0.298. The number of fused-ring (bicyclic) bond motifs is 1. The van der Waals surface area contributed by atoms with Crippen molar-refractivity contribution in [3.05, 3.63) is 52.3 Å². The largest absolute Gasteiger partial charge is 0.365 e. The van der Waals surface area contributed by atoms with Gasteiger partial charge in [0.2, 0.25) is 6.41 Å². The van der Waals surface area contributed by atoms with Crippen LogP contribution in [0.15, 0.2) is 35.1 Å². The van der Waals surface area contributed by atoms with Gasteiger partial charge in [-0.25, -0.2) is 18.7 Å². The number of carbonyl (C=O) groups is 1. The van der Waals surface area contributed by atoms with Gasteiger partial charge in [0.15, 0.2) is 23.1 Å². The van der Waals surface area contributed by atoms with Crippen LogP contribution in [-0.4, -0.2) is 45.5 Å². The summed E-state index contributed by atoms with van der Waals surface area (Å²) in [5.41, 5.74) is 1.63. The van der Waals surface area contributed by atoms with Crippen molar-refractivity contribution in [2.75, 3.05) is 25.0 Å². The van der Waals surface area contributed by atoms with Crippen LogP contribution in [0.4, 0.5) is 14.6 Å². The van der Waals surface area contributed by atoms with E-state index in [2.05, 4.69) is 15.3 Å². The summed E-state index contributed by atoms with van der Waals surface area (Å²) in [6.45, 7) is 4.38. The van der Waals surface area contributed by atoms with Crippen LogP contribution in [0.1, 0.15) is 51.9 Å². The van der Waals surface area contributed by atoms with Crippen LogP contribution < -0.4 is 10.9 Å². The number of benzene rings is 1.